The second kappa shape index (κ2) is 9.17. The molecule has 1 atom stereocenters. The van der Waals surface area contributed by atoms with Crippen molar-refractivity contribution >= 4 is 47.4 Å². The molecular weight excluding hydrogens is 390 g/mol. The van der Waals surface area contributed by atoms with Crippen LogP contribution >= 0.6 is 24.8 Å². The van der Waals surface area contributed by atoms with Crippen LogP contribution in [0.4, 0.5) is 10.1 Å². The van der Waals surface area contributed by atoms with E-state index >= 15 is 0 Å². The van der Waals surface area contributed by atoms with E-state index in [2.05, 4.69) is 20.6 Å². The summed E-state index contributed by atoms with van der Waals surface area (Å²) in [4.78, 5) is 19.9. The number of rotatable bonds is 4. The number of imidazole rings is 1. The van der Waals surface area contributed by atoms with Crippen LogP contribution in [0.3, 0.4) is 0 Å². The van der Waals surface area contributed by atoms with Crippen LogP contribution in [0.1, 0.15) is 24.2 Å². The van der Waals surface area contributed by atoms with E-state index in [0.717, 1.165) is 36.1 Å². The number of hydrogen-bond donors (Lipinski definition) is 3. The summed E-state index contributed by atoms with van der Waals surface area (Å²) < 4.78 is 13.8. The monoisotopic (exact) mass is 410 g/mol. The van der Waals surface area contributed by atoms with Crippen LogP contribution in [0.25, 0.3) is 11.0 Å². The second-order valence-electron chi connectivity index (χ2n) is 6.32. The zero-order chi connectivity index (χ0) is 17.2. The van der Waals surface area contributed by atoms with Crippen molar-refractivity contribution in [1.82, 2.24) is 15.3 Å². The van der Waals surface area contributed by atoms with E-state index in [1.54, 1.807) is 12.1 Å². The van der Waals surface area contributed by atoms with E-state index in [0.29, 0.717) is 17.8 Å². The van der Waals surface area contributed by atoms with Gasteiger partial charge in [-0.15, -0.1) is 24.8 Å². The molecule has 27 heavy (non-hydrogen) atoms. The Hall–Kier alpha value is -2.15. The van der Waals surface area contributed by atoms with Gasteiger partial charge in [0.05, 0.1) is 17.1 Å². The molecule has 1 aromatic heterocycles. The maximum atomic E-state index is 13.8. The Morgan fingerprint density at radius 3 is 2.78 bits per heavy atom. The van der Waals surface area contributed by atoms with Gasteiger partial charge in [-0.2, -0.15) is 0 Å². The number of benzene rings is 2. The van der Waals surface area contributed by atoms with Gasteiger partial charge in [-0.05, 0) is 49.2 Å². The maximum absolute atomic E-state index is 13.8. The van der Waals surface area contributed by atoms with E-state index in [1.807, 2.05) is 24.3 Å². The van der Waals surface area contributed by atoms with Crippen molar-refractivity contribution in [3.8, 4) is 0 Å². The molecule has 2 aromatic carbocycles. The zero-order valence-electron chi connectivity index (χ0n) is 14.5. The number of carbonyl (C=O) groups excluding carboxylic acids is 1. The minimum atomic E-state index is -0.236. The van der Waals surface area contributed by atoms with Gasteiger partial charge < -0.3 is 15.6 Å². The van der Waals surface area contributed by atoms with Crippen LogP contribution in [0.2, 0.25) is 0 Å². The van der Waals surface area contributed by atoms with Gasteiger partial charge in [0.25, 0.3) is 0 Å². The first-order valence-corrected chi connectivity index (χ1v) is 8.45. The number of amides is 1. The predicted octanol–water partition coefficient (Wildman–Crippen LogP) is 3.83. The molecule has 8 heteroatoms. The molecule has 3 N–H and O–H groups in total. The average Bonchev–Trinajstić information content (AvgIpc) is 3.26. The van der Waals surface area contributed by atoms with Crippen molar-refractivity contribution in [1.29, 1.82) is 0 Å². The molecule has 3 aromatic rings. The summed E-state index contributed by atoms with van der Waals surface area (Å²) in [5, 5.41) is 6.12. The van der Waals surface area contributed by atoms with Gasteiger partial charge in [0.15, 0.2) is 0 Å². The number of nitrogens with one attached hydrogen (secondary N) is 3. The number of aromatic nitrogens is 2. The largest absolute Gasteiger partial charge is 0.342 e. The van der Waals surface area contributed by atoms with Gasteiger partial charge in [0, 0.05) is 12.1 Å². The Labute approximate surface area is 169 Å². The summed E-state index contributed by atoms with van der Waals surface area (Å²) in [6.45, 7) is 0.886. The first kappa shape index (κ1) is 21.2. The normalized spacial score (nSPS) is 15.8. The number of hydrogen-bond acceptors (Lipinski definition) is 3. The van der Waals surface area contributed by atoms with Crippen LogP contribution in [0.15, 0.2) is 42.5 Å². The van der Waals surface area contributed by atoms with Crippen molar-refractivity contribution in [2.75, 3.05) is 11.9 Å². The van der Waals surface area contributed by atoms with E-state index in [4.69, 9.17) is 0 Å². The third-order valence-corrected chi connectivity index (χ3v) is 4.49. The predicted molar refractivity (Wildman–Crippen MR) is 109 cm³/mol. The molecule has 1 aliphatic heterocycles. The number of H-pyrrole nitrogens is 1. The lowest BCUT2D eigenvalue weighted by Crippen LogP contribution is -2.35. The fourth-order valence-corrected chi connectivity index (χ4v) is 3.18. The third kappa shape index (κ3) is 4.77. The molecule has 0 aliphatic carbocycles. The standard InChI is InChI=1S/C19H19FN4O.2ClH/c20-14-5-2-1-4-12(14)10-18-23-15-8-7-13(11-17(15)24-18)22-19(25)16-6-3-9-21-16;;/h1-2,4-5,7-8,11,16,21H,3,6,9-10H2,(H,22,25)(H,23,24);2*1H. The smallest absolute Gasteiger partial charge is 0.241 e. The summed E-state index contributed by atoms with van der Waals surface area (Å²) >= 11 is 0. The van der Waals surface area contributed by atoms with Gasteiger partial charge in [-0.1, -0.05) is 18.2 Å². The van der Waals surface area contributed by atoms with Crippen LogP contribution in [0.5, 0.6) is 0 Å². The highest BCUT2D eigenvalue weighted by Gasteiger charge is 2.22. The summed E-state index contributed by atoms with van der Waals surface area (Å²) in [6, 6.07) is 12.1. The molecule has 2 heterocycles. The van der Waals surface area contributed by atoms with Crippen LogP contribution < -0.4 is 10.6 Å². The number of aromatic amines is 1. The molecule has 4 rings (SSSR count). The lowest BCUT2D eigenvalue weighted by Gasteiger charge is -2.10. The second-order valence-corrected chi connectivity index (χ2v) is 6.32. The average molecular weight is 411 g/mol. The SMILES string of the molecule is Cl.Cl.O=C(Nc1ccc2nc(Cc3ccccc3F)[nH]c2c1)C1CCCN1. The Morgan fingerprint density at radius 2 is 2.04 bits per heavy atom. The molecule has 0 spiro atoms. The fraction of sp³-hybridized carbons (Fsp3) is 0.263. The first-order valence-electron chi connectivity index (χ1n) is 8.45. The van der Waals surface area contributed by atoms with Crippen LogP contribution in [-0.2, 0) is 11.2 Å². The number of halogens is 3. The van der Waals surface area contributed by atoms with Crippen LogP contribution in [0, 0.1) is 5.82 Å². The molecule has 144 valence electrons. The van der Waals surface area contributed by atoms with Crippen molar-refractivity contribution in [2.24, 2.45) is 0 Å². The van der Waals surface area contributed by atoms with E-state index in [-0.39, 0.29) is 42.6 Å². The summed E-state index contributed by atoms with van der Waals surface area (Å²) in [6.07, 6.45) is 2.29. The molecule has 0 radical (unpaired) electrons. The highest BCUT2D eigenvalue weighted by molar-refractivity contribution is 5.96. The summed E-state index contributed by atoms with van der Waals surface area (Å²) in [5.74, 6) is 0.448. The van der Waals surface area contributed by atoms with Gasteiger partial charge in [-0.25, -0.2) is 9.37 Å². The van der Waals surface area contributed by atoms with Crippen molar-refractivity contribution in [2.45, 2.75) is 25.3 Å². The Bertz CT molecular complexity index is 925. The van der Waals surface area contributed by atoms with E-state index in [9.17, 15) is 9.18 Å². The lowest BCUT2D eigenvalue weighted by atomic mass is 10.1. The highest BCUT2D eigenvalue weighted by Crippen LogP contribution is 2.20. The highest BCUT2D eigenvalue weighted by atomic mass is 35.5. The number of anilines is 1. The topological polar surface area (TPSA) is 69.8 Å². The summed E-state index contributed by atoms with van der Waals surface area (Å²) in [5.41, 5.74) is 2.95. The van der Waals surface area contributed by atoms with Crippen molar-refractivity contribution in [3.63, 3.8) is 0 Å². The minimum Gasteiger partial charge on any atom is -0.342 e. The Kier molecular flexibility index (Phi) is 7.18. The van der Waals surface area contributed by atoms with E-state index in [1.165, 1.54) is 6.07 Å². The number of nitrogens with zero attached hydrogens (tertiary/aromatic N) is 1. The number of carbonyl (C=O) groups is 1. The molecule has 0 saturated carbocycles. The van der Waals surface area contributed by atoms with Gasteiger partial charge >= 0.3 is 0 Å². The van der Waals surface area contributed by atoms with Crippen molar-refractivity contribution in [3.05, 3.63) is 59.7 Å². The zero-order valence-corrected chi connectivity index (χ0v) is 16.1. The maximum Gasteiger partial charge on any atom is 0.241 e. The summed E-state index contributed by atoms with van der Waals surface area (Å²) in [7, 11) is 0. The van der Waals surface area contributed by atoms with E-state index < -0.39 is 0 Å². The molecule has 1 aliphatic rings. The lowest BCUT2D eigenvalue weighted by molar-refractivity contribution is -0.117. The van der Waals surface area contributed by atoms with Gasteiger partial charge in [0.1, 0.15) is 11.6 Å². The molecule has 1 unspecified atom stereocenters. The molecular formula is C19H21Cl2FN4O. The third-order valence-electron chi connectivity index (χ3n) is 4.49. The Balaban J connectivity index is 0.00000131. The number of fused-ring (bicyclic) bond motifs is 1. The fourth-order valence-electron chi connectivity index (χ4n) is 3.18. The van der Waals surface area contributed by atoms with Gasteiger partial charge in [-0.3, -0.25) is 4.79 Å². The molecule has 1 amide bonds. The quantitative estimate of drug-likeness (QED) is 0.611. The van der Waals surface area contributed by atoms with Crippen molar-refractivity contribution < 1.29 is 9.18 Å². The molecule has 1 saturated heterocycles. The molecule has 0 bridgehead atoms. The minimum absolute atomic E-state index is 0. The molecule has 1 fully saturated rings. The molecule has 5 nitrogen and oxygen atoms in total. The van der Waals surface area contributed by atoms with Gasteiger partial charge in [0.2, 0.25) is 5.91 Å². The first-order chi connectivity index (χ1) is 12.2. The Morgan fingerprint density at radius 1 is 1.22 bits per heavy atom. The van der Waals surface area contributed by atoms with Crippen LogP contribution in [-0.4, -0.2) is 28.5 Å².